The lowest BCUT2D eigenvalue weighted by atomic mass is 10.1. The molecule has 2 rings (SSSR count). The maximum atomic E-state index is 13.5. The third kappa shape index (κ3) is 4.77. The summed E-state index contributed by atoms with van der Waals surface area (Å²) in [6.07, 6.45) is 1.50. The molecule has 1 amide bonds. The molecule has 1 fully saturated rings. The Bertz CT molecular complexity index is 519. The molecule has 0 spiro atoms. The normalized spacial score (nSPS) is 18.9. The Balaban J connectivity index is 1.71. The maximum absolute atomic E-state index is 13.5. The van der Waals surface area contributed by atoms with Gasteiger partial charge < -0.3 is 10.2 Å². The molecule has 3 nitrogen and oxygen atoms in total. The molecule has 1 saturated heterocycles. The van der Waals surface area contributed by atoms with Crippen molar-refractivity contribution in [3.05, 3.63) is 35.4 Å². The van der Waals surface area contributed by atoms with E-state index in [1.807, 2.05) is 0 Å². The Labute approximate surface area is 130 Å². The van der Waals surface area contributed by atoms with Crippen LogP contribution >= 0.6 is 0 Å². The lowest BCUT2D eigenvalue weighted by molar-refractivity contribution is -0.121. The van der Waals surface area contributed by atoms with Crippen LogP contribution in [0, 0.1) is 17.6 Å². The molecule has 1 aromatic carbocycles. The number of halogens is 2. The summed E-state index contributed by atoms with van der Waals surface area (Å²) < 4.78 is 26.5. The van der Waals surface area contributed by atoms with E-state index in [0.29, 0.717) is 18.5 Å². The zero-order valence-electron chi connectivity index (χ0n) is 13.2. The monoisotopic (exact) mass is 310 g/mol. The molecular formula is C17H24F2N2O. The fraction of sp³-hybridized carbons (Fsp3) is 0.588. The molecule has 0 bridgehead atoms. The smallest absolute Gasteiger partial charge is 0.220 e. The van der Waals surface area contributed by atoms with Crippen LogP contribution in [0.3, 0.4) is 0 Å². The molecule has 1 heterocycles. The van der Waals surface area contributed by atoms with Gasteiger partial charge in [0.2, 0.25) is 5.91 Å². The quantitative estimate of drug-likeness (QED) is 0.876. The highest BCUT2D eigenvalue weighted by Crippen LogP contribution is 2.17. The molecule has 0 aromatic heterocycles. The average molecular weight is 310 g/mol. The Morgan fingerprint density at radius 2 is 2.18 bits per heavy atom. The third-order valence-electron chi connectivity index (χ3n) is 4.26. The highest BCUT2D eigenvalue weighted by atomic mass is 19.1. The van der Waals surface area contributed by atoms with Crippen LogP contribution in [-0.2, 0) is 11.2 Å². The second-order valence-electron chi connectivity index (χ2n) is 6.28. The van der Waals surface area contributed by atoms with E-state index in [0.717, 1.165) is 37.7 Å². The van der Waals surface area contributed by atoms with Crippen molar-refractivity contribution in [3.63, 3.8) is 0 Å². The molecule has 1 aliphatic rings. The molecule has 1 aromatic rings. The van der Waals surface area contributed by atoms with Gasteiger partial charge in [-0.15, -0.1) is 0 Å². The van der Waals surface area contributed by atoms with Gasteiger partial charge in [0.25, 0.3) is 0 Å². The van der Waals surface area contributed by atoms with Gasteiger partial charge in [0.15, 0.2) is 0 Å². The van der Waals surface area contributed by atoms with Crippen LogP contribution < -0.4 is 5.32 Å². The van der Waals surface area contributed by atoms with Gasteiger partial charge in [0, 0.05) is 25.6 Å². The molecule has 0 saturated carbocycles. The summed E-state index contributed by atoms with van der Waals surface area (Å²) >= 11 is 0. The maximum Gasteiger partial charge on any atom is 0.220 e. The second kappa shape index (κ2) is 7.68. The van der Waals surface area contributed by atoms with Gasteiger partial charge in [0.05, 0.1) is 0 Å². The summed E-state index contributed by atoms with van der Waals surface area (Å²) in [5.74, 6) is -0.557. The van der Waals surface area contributed by atoms with Gasteiger partial charge in [-0.3, -0.25) is 4.79 Å². The predicted octanol–water partition coefficient (Wildman–Crippen LogP) is 2.74. The van der Waals surface area contributed by atoms with E-state index in [1.165, 1.54) is 0 Å². The van der Waals surface area contributed by atoms with Crippen LogP contribution in [0.5, 0.6) is 0 Å². The van der Waals surface area contributed by atoms with E-state index in [2.05, 4.69) is 24.1 Å². The lowest BCUT2D eigenvalue weighted by Gasteiger charge is -2.20. The highest BCUT2D eigenvalue weighted by Gasteiger charge is 2.24. The fourth-order valence-electron chi connectivity index (χ4n) is 2.83. The summed E-state index contributed by atoms with van der Waals surface area (Å²) in [6.45, 7) is 7.10. The van der Waals surface area contributed by atoms with Crippen molar-refractivity contribution in [3.8, 4) is 0 Å². The van der Waals surface area contributed by atoms with E-state index in [9.17, 15) is 13.6 Å². The SMILES string of the molecule is CC(C)N1CC[C@H](CNC(=O)CCc2cc(F)ccc2F)C1. The number of rotatable bonds is 6. The Hall–Kier alpha value is -1.49. The molecule has 1 aliphatic heterocycles. The number of amides is 1. The number of likely N-dealkylation sites (tertiary alicyclic amines) is 1. The first kappa shape index (κ1) is 16.9. The zero-order chi connectivity index (χ0) is 16.1. The first-order chi connectivity index (χ1) is 10.5. The topological polar surface area (TPSA) is 32.3 Å². The van der Waals surface area contributed by atoms with E-state index < -0.39 is 11.6 Å². The minimum Gasteiger partial charge on any atom is -0.356 e. The first-order valence-electron chi connectivity index (χ1n) is 7.90. The molecule has 0 radical (unpaired) electrons. The standard InChI is InChI=1S/C17H24F2N2O/c1-12(2)21-8-7-13(11-21)10-20-17(22)6-3-14-9-15(18)4-5-16(14)19/h4-5,9,12-13H,3,6-8,10-11H2,1-2H3,(H,20,22)/t13-/m1/s1. The van der Waals surface area contributed by atoms with Crippen LogP contribution in [0.25, 0.3) is 0 Å². The zero-order valence-corrected chi connectivity index (χ0v) is 13.2. The van der Waals surface area contributed by atoms with Gasteiger partial charge in [0.1, 0.15) is 11.6 Å². The number of nitrogens with one attached hydrogen (secondary N) is 1. The number of aryl methyl sites for hydroxylation is 1. The molecule has 0 unspecified atom stereocenters. The van der Waals surface area contributed by atoms with Crippen molar-refractivity contribution >= 4 is 5.91 Å². The number of hydrogen-bond donors (Lipinski definition) is 1. The predicted molar refractivity (Wildman–Crippen MR) is 82.5 cm³/mol. The van der Waals surface area contributed by atoms with Crippen molar-refractivity contribution in [2.24, 2.45) is 5.92 Å². The molecular weight excluding hydrogens is 286 g/mol. The van der Waals surface area contributed by atoms with Gasteiger partial charge in [-0.2, -0.15) is 0 Å². The van der Waals surface area contributed by atoms with Gasteiger partial charge in [-0.1, -0.05) is 0 Å². The average Bonchev–Trinajstić information content (AvgIpc) is 2.95. The van der Waals surface area contributed by atoms with E-state index in [1.54, 1.807) is 0 Å². The van der Waals surface area contributed by atoms with Crippen molar-refractivity contribution in [1.82, 2.24) is 10.2 Å². The van der Waals surface area contributed by atoms with Crippen molar-refractivity contribution < 1.29 is 13.6 Å². The Morgan fingerprint density at radius 1 is 1.41 bits per heavy atom. The van der Waals surface area contributed by atoms with E-state index in [4.69, 9.17) is 0 Å². The number of carbonyl (C=O) groups excluding carboxylic acids is 1. The van der Waals surface area contributed by atoms with Crippen molar-refractivity contribution in [2.75, 3.05) is 19.6 Å². The summed E-state index contributed by atoms with van der Waals surface area (Å²) in [4.78, 5) is 14.2. The lowest BCUT2D eigenvalue weighted by Crippen LogP contribution is -2.33. The summed E-state index contributed by atoms with van der Waals surface area (Å²) in [7, 11) is 0. The van der Waals surface area contributed by atoms with E-state index >= 15 is 0 Å². The molecule has 0 aliphatic carbocycles. The number of hydrogen-bond acceptors (Lipinski definition) is 2. The van der Waals surface area contributed by atoms with Gasteiger partial charge >= 0.3 is 0 Å². The third-order valence-corrected chi connectivity index (χ3v) is 4.26. The fourth-order valence-corrected chi connectivity index (χ4v) is 2.83. The summed E-state index contributed by atoms with van der Waals surface area (Å²) in [5, 5.41) is 2.91. The highest BCUT2D eigenvalue weighted by molar-refractivity contribution is 5.76. The van der Waals surface area contributed by atoms with Gasteiger partial charge in [-0.25, -0.2) is 8.78 Å². The Kier molecular flexibility index (Phi) is 5.89. The van der Waals surface area contributed by atoms with Crippen LogP contribution in [0.1, 0.15) is 32.3 Å². The van der Waals surface area contributed by atoms with Crippen molar-refractivity contribution in [2.45, 2.75) is 39.2 Å². The number of nitrogens with zero attached hydrogens (tertiary/aromatic N) is 1. The van der Waals surface area contributed by atoms with Gasteiger partial charge in [-0.05, 0) is 62.9 Å². The molecule has 5 heteroatoms. The minimum absolute atomic E-state index is 0.105. The number of benzene rings is 1. The summed E-state index contributed by atoms with van der Waals surface area (Å²) in [5.41, 5.74) is 0.252. The summed E-state index contributed by atoms with van der Waals surface area (Å²) in [6, 6.07) is 3.87. The largest absolute Gasteiger partial charge is 0.356 e. The van der Waals surface area contributed by atoms with E-state index in [-0.39, 0.29) is 24.3 Å². The van der Waals surface area contributed by atoms with Crippen LogP contribution in [0.15, 0.2) is 18.2 Å². The van der Waals surface area contributed by atoms with Crippen molar-refractivity contribution in [1.29, 1.82) is 0 Å². The van der Waals surface area contributed by atoms with Crippen LogP contribution in [0.4, 0.5) is 8.78 Å². The second-order valence-corrected chi connectivity index (χ2v) is 6.28. The molecule has 1 atom stereocenters. The number of carbonyl (C=O) groups is 1. The Morgan fingerprint density at radius 3 is 2.86 bits per heavy atom. The molecule has 122 valence electrons. The first-order valence-corrected chi connectivity index (χ1v) is 7.90. The van der Waals surface area contributed by atoms with Crippen LogP contribution in [-0.4, -0.2) is 36.5 Å². The minimum atomic E-state index is -0.475. The molecule has 1 N–H and O–H groups in total. The van der Waals surface area contributed by atoms with Crippen LogP contribution in [0.2, 0.25) is 0 Å². The molecule has 22 heavy (non-hydrogen) atoms.